The predicted molar refractivity (Wildman–Crippen MR) is 74.6 cm³/mol. The molecule has 0 aromatic heterocycles. The van der Waals surface area contributed by atoms with Gasteiger partial charge < -0.3 is 9.84 Å². The Labute approximate surface area is 111 Å². The van der Waals surface area contributed by atoms with Gasteiger partial charge >= 0.3 is 5.97 Å². The summed E-state index contributed by atoms with van der Waals surface area (Å²) < 4.78 is 4.53. The third-order valence-corrected chi connectivity index (χ3v) is 2.72. The van der Waals surface area contributed by atoms with Crippen LogP contribution in [-0.4, -0.2) is 18.2 Å². The van der Waals surface area contributed by atoms with Gasteiger partial charge in [-0.3, -0.25) is 0 Å². The summed E-state index contributed by atoms with van der Waals surface area (Å²) in [7, 11) is 1.35. The maximum Gasteiger partial charge on any atom is 0.330 e. The topological polar surface area (TPSA) is 46.5 Å². The first-order chi connectivity index (χ1) is 9.19. The molecule has 2 rings (SSSR count). The molecule has 0 spiro atoms. The molecule has 19 heavy (non-hydrogen) atoms. The molecule has 1 N–H and O–H groups in total. The highest BCUT2D eigenvalue weighted by Gasteiger charge is 1.98. The van der Waals surface area contributed by atoms with Crippen LogP contribution in [0.2, 0.25) is 0 Å². The summed E-state index contributed by atoms with van der Waals surface area (Å²) >= 11 is 0. The summed E-state index contributed by atoms with van der Waals surface area (Å²) in [6.07, 6.45) is 3.09. The van der Waals surface area contributed by atoms with Gasteiger partial charge in [-0.15, -0.1) is 0 Å². The van der Waals surface area contributed by atoms with Crippen molar-refractivity contribution in [2.24, 2.45) is 0 Å². The number of hydrogen-bond donors (Lipinski definition) is 1. The molecule has 0 unspecified atom stereocenters. The van der Waals surface area contributed by atoms with Crippen molar-refractivity contribution in [3.63, 3.8) is 0 Å². The Morgan fingerprint density at radius 3 is 2.05 bits per heavy atom. The number of carbonyl (C=O) groups is 1. The predicted octanol–water partition coefficient (Wildman–Crippen LogP) is 3.25. The fourth-order valence-electron chi connectivity index (χ4n) is 1.67. The highest BCUT2D eigenvalue weighted by atomic mass is 16.5. The summed E-state index contributed by atoms with van der Waals surface area (Å²) in [4.78, 5) is 11.0. The Kier molecular flexibility index (Phi) is 3.98. The van der Waals surface area contributed by atoms with E-state index in [1.807, 2.05) is 36.4 Å². The van der Waals surface area contributed by atoms with Gasteiger partial charge in [0.15, 0.2) is 0 Å². The molecule has 0 heterocycles. The highest BCUT2D eigenvalue weighted by molar-refractivity contribution is 5.87. The van der Waals surface area contributed by atoms with Crippen molar-refractivity contribution >= 4 is 12.0 Å². The van der Waals surface area contributed by atoms with Crippen LogP contribution < -0.4 is 0 Å². The van der Waals surface area contributed by atoms with Crippen LogP contribution in [-0.2, 0) is 9.53 Å². The zero-order valence-corrected chi connectivity index (χ0v) is 10.5. The van der Waals surface area contributed by atoms with E-state index in [0.717, 1.165) is 16.7 Å². The van der Waals surface area contributed by atoms with Gasteiger partial charge in [-0.2, -0.15) is 0 Å². The van der Waals surface area contributed by atoms with Crippen LogP contribution in [0.3, 0.4) is 0 Å². The summed E-state index contributed by atoms with van der Waals surface area (Å²) in [5.74, 6) is -0.121. The molecule has 3 heteroatoms. The molecule has 3 nitrogen and oxygen atoms in total. The second-order valence-electron chi connectivity index (χ2n) is 4.03. The molecule has 0 saturated heterocycles. The van der Waals surface area contributed by atoms with Crippen molar-refractivity contribution in [2.75, 3.05) is 7.11 Å². The average molecular weight is 254 g/mol. The second-order valence-corrected chi connectivity index (χ2v) is 4.03. The van der Waals surface area contributed by atoms with E-state index in [2.05, 4.69) is 4.74 Å². The average Bonchev–Trinajstić information content (AvgIpc) is 2.46. The number of phenolic OH excluding ortho intramolecular Hbond substituents is 1. The fraction of sp³-hybridized carbons (Fsp3) is 0.0625. The number of carbonyl (C=O) groups excluding carboxylic acids is 1. The normalized spacial score (nSPS) is 10.6. The zero-order chi connectivity index (χ0) is 13.7. The molecule has 0 saturated carbocycles. The van der Waals surface area contributed by atoms with E-state index < -0.39 is 0 Å². The molecule has 2 aromatic carbocycles. The Morgan fingerprint density at radius 1 is 1.00 bits per heavy atom. The van der Waals surface area contributed by atoms with Crippen molar-refractivity contribution in [2.45, 2.75) is 0 Å². The highest BCUT2D eigenvalue weighted by Crippen LogP contribution is 2.22. The summed E-state index contributed by atoms with van der Waals surface area (Å²) in [6.45, 7) is 0. The van der Waals surface area contributed by atoms with E-state index in [4.69, 9.17) is 0 Å². The first kappa shape index (κ1) is 12.9. The number of aromatic hydroxyl groups is 1. The number of ether oxygens (including phenoxy) is 1. The molecule has 0 aliphatic carbocycles. The molecule has 0 fully saturated rings. The summed E-state index contributed by atoms with van der Waals surface area (Å²) in [6, 6.07) is 14.8. The lowest BCUT2D eigenvalue weighted by Crippen LogP contribution is -1.93. The minimum absolute atomic E-state index is 0.251. The van der Waals surface area contributed by atoms with Gasteiger partial charge in [0, 0.05) is 6.08 Å². The Hall–Kier alpha value is -2.55. The van der Waals surface area contributed by atoms with Crippen molar-refractivity contribution in [3.8, 4) is 16.9 Å². The van der Waals surface area contributed by atoms with Crippen LogP contribution in [0.5, 0.6) is 5.75 Å². The second kappa shape index (κ2) is 5.87. The van der Waals surface area contributed by atoms with Gasteiger partial charge in [0.2, 0.25) is 0 Å². The Morgan fingerprint density at radius 2 is 1.53 bits per heavy atom. The largest absolute Gasteiger partial charge is 0.508 e. The van der Waals surface area contributed by atoms with Crippen LogP contribution in [0.4, 0.5) is 0 Å². The molecule has 2 aromatic rings. The molecule has 0 radical (unpaired) electrons. The van der Waals surface area contributed by atoms with E-state index in [9.17, 15) is 9.90 Å². The van der Waals surface area contributed by atoms with Crippen molar-refractivity contribution < 1.29 is 14.6 Å². The van der Waals surface area contributed by atoms with E-state index in [0.29, 0.717) is 0 Å². The standard InChI is InChI=1S/C16H14O3/c1-19-16(18)11-4-12-2-5-13(6-3-12)14-7-9-15(17)10-8-14/h2-11,17H,1H3/b11-4+. The van der Waals surface area contributed by atoms with E-state index in [1.54, 1.807) is 18.2 Å². The van der Waals surface area contributed by atoms with Crippen LogP contribution in [0, 0.1) is 0 Å². The van der Waals surface area contributed by atoms with Gasteiger partial charge in [0.05, 0.1) is 7.11 Å². The van der Waals surface area contributed by atoms with Crippen molar-refractivity contribution in [1.29, 1.82) is 0 Å². The lowest BCUT2D eigenvalue weighted by Gasteiger charge is -2.02. The lowest BCUT2D eigenvalue weighted by atomic mass is 10.0. The number of rotatable bonds is 3. The van der Waals surface area contributed by atoms with Crippen LogP contribution >= 0.6 is 0 Å². The quantitative estimate of drug-likeness (QED) is 0.675. The van der Waals surface area contributed by atoms with Crippen molar-refractivity contribution in [1.82, 2.24) is 0 Å². The van der Waals surface area contributed by atoms with E-state index in [1.165, 1.54) is 13.2 Å². The van der Waals surface area contributed by atoms with Crippen LogP contribution in [0.1, 0.15) is 5.56 Å². The number of hydrogen-bond acceptors (Lipinski definition) is 3. The minimum Gasteiger partial charge on any atom is -0.508 e. The summed E-state index contributed by atoms with van der Waals surface area (Å²) in [5.41, 5.74) is 3.00. The van der Waals surface area contributed by atoms with E-state index in [-0.39, 0.29) is 11.7 Å². The number of esters is 1. The minimum atomic E-state index is -0.373. The first-order valence-corrected chi connectivity index (χ1v) is 5.84. The van der Waals surface area contributed by atoms with Crippen molar-refractivity contribution in [3.05, 3.63) is 60.2 Å². The third kappa shape index (κ3) is 3.45. The first-order valence-electron chi connectivity index (χ1n) is 5.84. The zero-order valence-electron chi connectivity index (χ0n) is 10.5. The molecular formula is C16H14O3. The molecular weight excluding hydrogens is 240 g/mol. The maximum absolute atomic E-state index is 11.0. The molecule has 96 valence electrons. The van der Waals surface area contributed by atoms with Gasteiger partial charge in [-0.25, -0.2) is 4.79 Å². The third-order valence-electron chi connectivity index (χ3n) is 2.72. The Bertz CT molecular complexity index is 580. The maximum atomic E-state index is 11.0. The van der Waals surface area contributed by atoms with Gasteiger partial charge in [-0.1, -0.05) is 36.4 Å². The monoisotopic (exact) mass is 254 g/mol. The van der Waals surface area contributed by atoms with Crippen LogP contribution in [0.25, 0.3) is 17.2 Å². The molecule has 0 aliphatic rings. The van der Waals surface area contributed by atoms with Gasteiger partial charge in [-0.05, 0) is 34.9 Å². The van der Waals surface area contributed by atoms with Gasteiger partial charge in [0.25, 0.3) is 0 Å². The number of benzene rings is 2. The fourth-order valence-corrected chi connectivity index (χ4v) is 1.67. The number of phenols is 1. The number of methoxy groups -OCH3 is 1. The smallest absolute Gasteiger partial charge is 0.330 e. The molecule has 0 aliphatic heterocycles. The Balaban J connectivity index is 2.16. The van der Waals surface area contributed by atoms with Gasteiger partial charge in [0.1, 0.15) is 5.75 Å². The SMILES string of the molecule is COC(=O)/C=C/c1ccc(-c2ccc(O)cc2)cc1. The molecule has 0 amide bonds. The molecule has 0 atom stereocenters. The lowest BCUT2D eigenvalue weighted by molar-refractivity contribution is -0.134. The summed E-state index contributed by atoms with van der Waals surface area (Å²) in [5, 5.41) is 9.24. The van der Waals surface area contributed by atoms with Crippen LogP contribution in [0.15, 0.2) is 54.6 Å². The molecule has 0 bridgehead atoms. The van der Waals surface area contributed by atoms with E-state index >= 15 is 0 Å².